The zero-order valence-electron chi connectivity index (χ0n) is 19.4. The Labute approximate surface area is 181 Å². The van der Waals surface area contributed by atoms with Crippen molar-refractivity contribution in [3.8, 4) is 0 Å². The van der Waals surface area contributed by atoms with Crippen LogP contribution in [0.25, 0.3) is 6.08 Å². The highest BCUT2D eigenvalue weighted by molar-refractivity contribution is 6.06. The number of hydrogen-bond acceptors (Lipinski definition) is 3. The maximum atomic E-state index is 13.6. The van der Waals surface area contributed by atoms with E-state index in [0.29, 0.717) is 29.0 Å². The minimum atomic E-state index is -0.186. The molecule has 1 aromatic heterocycles. The van der Waals surface area contributed by atoms with Crippen molar-refractivity contribution >= 4 is 11.9 Å². The molecule has 30 heavy (non-hydrogen) atoms. The number of carbonyl (C=O) groups is 1. The average molecular weight is 411 g/mol. The predicted octanol–water partition coefficient (Wildman–Crippen LogP) is 5.00. The van der Waals surface area contributed by atoms with Crippen LogP contribution in [0, 0.1) is 48.3 Å². The van der Waals surface area contributed by atoms with Gasteiger partial charge in [-0.1, -0.05) is 13.8 Å². The van der Waals surface area contributed by atoms with Gasteiger partial charge in [-0.05, 0) is 106 Å². The fourth-order valence-corrected chi connectivity index (χ4v) is 8.21. The number of aromatic nitrogens is 2. The Bertz CT molecular complexity index is 914. The van der Waals surface area contributed by atoms with Crippen molar-refractivity contribution in [2.24, 2.45) is 41.5 Å². The van der Waals surface area contributed by atoms with E-state index < -0.39 is 0 Å². The second-order valence-electron chi connectivity index (χ2n) is 11.5. The van der Waals surface area contributed by atoms with E-state index in [4.69, 9.17) is 0 Å². The van der Waals surface area contributed by atoms with E-state index in [2.05, 4.69) is 31.9 Å². The van der Waals surface area contributed by atoms with Crippen molar-refractivity contribution in [3.05, 3.63) is 22.5 Å². The number of allylic oxidation sites excluding steroid dienone is 1. The summed E-state index contributed by atoms with van der Waals surface area (Å²) < 4.78 is 1.92. The van der Waals surface area contributed by atoms with Crippen molar-refractivity contribution in [1.82, 2.24) is 9.78 Å². The molecule has 0 aliphatic heterocycles. The molecule has 4 heteroatoms. The summed E-state index contributed by atoms with van der Waals surface area (Å²) in [6.07, 6.45) is 10.8. The number of ketones is 1. The van der Waals surface area contributed by atoms with Gasteiger partial charge in [-0.15, -0.1) is 0 Å². The van der Waals surface area contributed by atoms with Gasteiger partial charge >= 0.3 is 0 Å². The number of fused-ring (bicyclic) bond motifs is 5. The van der Waals surface area contributed by atoms with E-state index in [0.717, 1.165) is 60.5 Å². The second kappa shape index (κ2) is 6.79. The molecular formula is C26H38N2O2. The van der Waals surface area contributed by atoms with E-state index in [9.17, 15) is 9.90 Å². The monoisotopic (exact) mass is 410 g/mol. The van der Waals surface area contributed by atoms with Crippen LogP contribution in [-0.4, -0.2) is 26.8 Å². The van der Waals surface area contributed by atoms with Crippen LogP contribution in [0.1, 0.15) is 82.2 Å². The van der Waals surface area contributed by atoms with Gasteiger partial charge in [0.15, 0.2) is 5.78 Å². The molecule has 7 atom stereocenters. The molecule has 0 aromatic carbocycles. The lowest BCUT2D eigenvalue weighted by molar-refractivity contribution is -0.141. The van der Waals surface area contributed by atoms with E-state index in [1.165, 1.54) is 19.3 Å². The Balaban J connectivity index is 1.47. The number of aliphatic hydroxyl groups excluding tert-OH is 1. The maximum absolute atomic E-state index is 13.6. The van der Waals surface area contributed by atoms with Crippen molar-refractivity contribution in [2.75, 3.05) is 0 Å². The summed E-state index contributed by atoms with van der Waals surface area (Å²) in [5.41, 5.74) is 4.50. The van der Waals surface area contributed by atoms with Crippen LogP contribution in [0.2, 0.25) is 0 Å². The Morgan fingerprint density at radius 2 is 1.87 bits per heavy atom. The molecule has 1 N–H and O–H groups in total. The van der Waals surface area contributed by atoms with Crippen LogP contribution in [0.3, 0.4) is 0 Å². The molecule has 4 nitrogen and oxygen atoms in total. The molecule has 0 spiro atoms. The summed E-state index contributed by atoms with van der Waals surface area (Å²) in [6.45, 7) is 8.91. The van der Waals surface area contributed by atoms with Gasteiger partial charge in [-0.2, -0.15) is 5.10 Å². The smallest absolute Gasteiger partial charge is 0.165 e. The summed E-state index contributed by atoms with van der Waals surface area (Å²) in [7, 11) is 1.98. The number of hydrogen-bond donors (Lipinski definition) is 1. The lowest BCUT2D eigenvalue weighted by Crippen LogP contribution is -2.54. The van der Waals surface area contributed by atoms with Crippen molar-refractivity contribution < 1.29 is 9.90 Å². The van der Waals surface area contributed by atoms with Crippen LogP contribution in [0.5, 0.6) is 0 Å². The van der Waals surface area contributed by atoms with Crippen molar-refractivity contribution in [1.29, 1.82) is 0 Å². The number of rotatable bonds is 1. The van der Waals surface area contributed by atoms with Gasteiger partial charge in [0.25, 0.3) is 0 Å². The molecule has 164 valence electrons. The van der Waals surface area contributed by atoms with Crippen LogP contribution in [0.15, 0.2) is 5.57 Å². The highest BCUT2D eigenvalue weighted by Gasteiger charge is 2.61. The van der Waals surface area contributed by atoms with Crippen LogP contribution < -0.4 is 0 Å². The van der Waals surface area contributed by atoms with E-state index >= 15 is 0 Å². The molecule has 0 radical (unpaired) electrons. The third-order valence-electron chi connectivity index (χ3n) is 10.2. The van der Waals surface area contributed by atoms with Gasteiger partial charge in [0.1, 0.15) is 0 Å². The fraction of sp³-hybridized carbons (Fsp3) is 0.769. The summed E-state index contributed by atoms with van der Waals surface area (Å²) in [5.74, 6) is 2.93. The lowest BCUT2D eigenvalue weighted by Gasteiger charge is -2.59. The SMILES string of the molecule is Cc1nn(C)c(C)c1/C=C1\C[C@H]2[C@@H]3CC[C@H]4C[C@@H](O)CC[C@]4(C)[C@H]3CC[C@]2(C)C1=O. The third kappa shape index (κ3) is 2.75. The molecule has 0 saturated heterocycles. The Morgan fingerprint density at radius 1 is 1.10 bits per heavy atom. The van der Waals surface area contributed by atoms with Crippen molar-refractivity contribution in [2.45, 2.75) is 85.2 Å². The van der Waals surface area contributed by atoms with Crippen LogP contribution in [0.4, 0.5) is 0 Å². The molecule has 1 aromatic rings. The largest absolute Gasteiger partial charge is 0.393 e. The standard InChI is InChI=1S/C26H38N2O2/c1-15-21(16(2)28(5)27-15)12-17-13-23-20-7-6-18-14-19(29)8-10-25(18,3)22(20)9-11-26(23,4)24(17)30/h12,18-20,22-23,29H,6-11,13-14H2,1-5H3/b17-12+/t18-,19-,20+,22-,23-,25-,26-/m0/s1. The fourth-order valence-electron chi connectivity index (χ4n) is 8.21. The number of aryl methyl sites for hydroxylation is 2. The highest BCUT2D eigenvalue weighted by Crippen LogP contribution is 2.66. The molecule has 4 fully saturated rings. The van der Waals surface area contributed by atoms with Gasteiger partial charge in [0.2, 0.25) is 0 Å². The summed E-state index contributed by atoms with van der Waals surface area (Å²) >= 11 is 0. The molecule has 5 rings (SSSR count). The quantitative estimate of drug-likeness (QED) is 0.663. The van der Waals surface area contributed by atoms with Gasteiger partial charge in [-0.25, -0.2) is 0 Å². The minimum absolute atomic E-state index is 0.0953. The highest BCUT2D eigenvalue weighted by atomic mass is 16.3. The summed E-state index contributed by atoms with van der Waals surface area (Å²) in [6, 6.07) is 0. The number of aliphatic hydroxyl groups is 1. The normalized spacial score (nSPS) is 44.7. The van der Waals surface area contributed by atoms with Gasteiger partial charge < -0.3 is 5.11 Å². The Kier molecular flexibility index (Phi) is 4.63. The Morgan fingerprint density at radius 3 is 2.57 bits per heavy atom. The van der Waals surface area contributed by atoms with Crippen LogP contribution >= 0.6 is 0 Å². The second-order valence-corrected chi connectivity index (χ2v) is 11.5. The first-order valence-corrected chi connectivity index (χ1v) is 12.1. The number of carbonyl (C=O) groups excluding carboxylic acids is 1. The Hall–Kier alpha value is -1.42. The average Bonchev–Trinajstić information content (AvgIpc) is 3.10. The number of nitrogens with zero attached hydrogens (tertiary/aromatic N) is 2. The zero-order valence-corrected chi connectivity index (χ0v) is 19.4. The first-order valence-electron chi connectivity index (χ1n) is 12.1. The van der Waals surface area contributed by atoms with Gasteiger partial charge in [-0.3, -0.25) is 9.48 Å². The molecule has 4 saturated carbocycles. The first-order chi connectivity index (χ1) is 14.1. The van der Waals surface area contributed by atoms with E-state index in [1.807, 2.05) is 18.7 Å². The lowest BCUT2D eigenvalue weighted by atomic mass is 9.45. The predicted molar refractivity (Wildman–Crippen MR) is 119 cm³/mol. The van der Waals surface area contributed by atoms with Crippen molar-refractivity contribution in [3.63, 3.8) is 0 Å². The minimum Gasteiger partial charge on any atom is -0.393 e. The van der Waals surface area contributed by atoms with Crippen LogP contribution in [-0.2, 0) is 11.8 Å². The zero-order chi connectivity index (χ0) is 21.4. The summed E-state index contributed by atoms with van der Waals surface area (Å²) in [4.78, 5) is 13.6. The third-order valence-corrected chi connectivity index (χ3v) is 10.2. The van der Waals surface area contributed by atoms with Gasteiger partial charge in [0, 0.05) is 23.7 Å². The molecule has 4 aliphatic rings. The molecule has 0 unspecified atom stereocenters. The summed E-state index contributed by atoms with van der Waals surface area (Å²) in [5, 5.41) is 14.8. The topological polar surface area (TPSA) is 55.1 Å². The molecule has 1 heterocycles. The molecule has 0 bridgehead atoms. The maximum Gasteiger partial charge on any atom is 0.165 e. The van der Waals surface area contributed by atoms with E-state index in [1.54, 1.807) is 0 Å². The number of Topliss-reactive ketones (excluding diaryl/α,β-unsaturated/α-hetero) is 1. The molecule has 4 aliphatic carbocycles. The molecule has 0 amide bonds. The van der Waals surface area contributed by atoms with Gasteiger partial charge in [0.05, 0.1) is 11.8 Å². The first kappa shape index (κ1) is 20.5. The van der Waals surface area contributed by atoms with E-state index in [-0.39, 0.29) is 11.5 Å². The molecular weight excluding hydrogens is 372 g/mol.